The van der Waals surface area contributed by atoms with Crippen LogP contribution < -0.4 is 15.0 Å². The number of hydrogen-bond donors (Lipinski definition) is 1. The number of hydrogen-bond acceptors (Lipinski definition) is 4. The van der Waals surface area contributed by atoms with Crippen LogP contribution in [-0.2, 0) is 4.79 Å². The van der Waals surface area contributed by atoms with E-state index < -0.39 is 0 Å². The van der Waals surface area contributed by atoms with Crippen molar-refractivity contribution in [1.29, 1.82) is 0 Å². The van der Waals surface area contributed by atoms with Gasteiger partial charge in [-0.25, -0.2) is 0 Å². The van der Waals surface area contributed by atoms with Crippen molar-refractivity contribution in [3.63, 3.8) is 0 Å². The molecule has 1 aliphatic heterocycles. The lowest BCUT2D eigenvalue weighted by atomic mass is 10.1. The summed E-state index contributed by atoms with van der Waals surface area (Å²) in [4.78, 5) is 17.2. The van der Waals surface area contributed by atoms with Crippen LogP contribution in [0.15, 0.2) is 36.4 Å². The van der Waals surface area contributed by atoms with Crippen LogP contribution in [0.4, 0.5) is 11.4 Å². The first-order valence-corrected chi connectivity index (χ1v) is 10.1. The molecule has 2 aromatic rings. The number of amides is 1. The summed E-state index contributed by atoms with van der Waals surface area (Å²) in [6.45, 7) is 11.1. The molecular weight excluding hydrogens is 374 g/mol. The highest BCUT2D eigenvalue weighted by Gasteiger charge is 2.19. The van der Waals surface area contributed by atoms with Gasteiger partial charge in [0.2, 0.25) is 0 Å². The highest BCUT2D eigenvalue weighted by atomic mass is 35.5. The van der Waals surface area contributed by atoms with E-state index >= 15 is 0 Å². The number of carbonyl (C=O) groups excluding carboxylic acids is 1. The van der Waals surface area contributed by atoms with Gasteiger partial charge in [-0.2, -0.15) is 0 Å². The zero-order chi connectivity index (χ0) is 20.1. The lowest BCUT2D eigenvalue weighted by Crippen LogP contribution is -2.46. The average Bonchev–Trinajstić information content (AvgIpc) is 2.69. The predicted molar refractivity (Wildman–Crippen MR) is 116 cm³/mol. The van der Waals surface area contributed by atoms with E-state index in [9.17, 15) is 4.79 Å². The van der Waals surface area contributed by atoms with Crippen molar-refractivity contribution < 1.29 is 9.53 Å². The summed E-state index contributed by atoms with van der Waals surface area (Å²) < 4.78 is 5.73. The molecule has 1 saturated heterocycles. The van der Waals surface area contributed by atoms with Gasteiger partial charge < -0.3 is 19.9 Å². The Kier molecular flexibility index (Phi) is 6.81. The molecule has 0 atom stereocenters. The van der Waals surface area contributed by atoms with Gasteiger partial charge in [-0.05, 0) is 55.8 Å². The molecule has 3 rings (SSSR count). The lowest BCUT2D eigenvalue weighted by molar-refractivity contribution is -0.118. The molecule has 1 amide bonds. The van der Waals surface area contributed by atoms with E-state index in [-0.39, 0.29) is 12.5 Å². The van der Waals surface area contributed by atoms with Gasteiger partial charge in [0.1, 0.15) is 5.75 Å². The number of nitrogens with one attached hydrogen (secondary N) is 1. The summed E-state index contributed by atoms with van der Waals surface area (Å²) in [5.74, 6) is 0.536. The smallest absolute Gasteiger partial charge is 0.262 e. The monoisotopic (exact) mass is 401 g/mol. The third-order valence-electron chi connectivity index (χ3n) is 5.10. The van der Waals surface area contributed by atoms with Crippen LogP contribution >= 0.6 is 11.6 Å². The number of benzene rings is 2. The first-order chi connectivity index (χ1) is 13.5. The van der Waals surface area contributed by atoms with Gasteiger partial charge in [-0.1, -0.05) is 30.7 Å². The Labute approximate surface area is 172 Å². The van der Waals surface area contributed by atoms with E-state index in [1.54, 1.807) is 6.07 Å². The largest absolute Gasteiger partial charge is 0.483 e. The third kappa shape index (κ3) is 5.18. The number of likely N-dealkylation sites (N-methyl/N-ethyl adjacent to an activating group) is 1. The molecule has 0 aromatic heterocycles. The number of aryl methyl sites for hydroxylation is 2. The predicted octanol–water partition coefficient (Wildman–Crippen LogP) is 4.12. The minimum absolute atomic E-state index is 0.0418. The molecular formula is C22H28ClN3O2. The van der Waals surface area contributed by atoms with Crippen molar-refractivity contribution in [2.24, 2.45) is 0 Å². The quantitative estimate of drug-likeness (QED) is 0.790. The number of piperazine rings is 1. The maximum atomic E-state index is 12.5. The van der Waals surface area contributed by atoms with E-state index in [2.05, 4.69) is 22.0 Å². The molecule has 6 heteroatoms. The second kappa shape index (κ2) is 9.30. The minimum Gasteiger partial charge on any atom is -0.483 e. The van der Waals surface area contributed by atoms with Crippen LogP contribution in [0.25, 0.3) is 0 Å². The molecule has 0 radical (unpaired) electrons. The zero-order valence-corrected chi connectivity index (χ0v) is 17.6. The Balaban J connectivity index is 1.67. The fourth-order valence-electron chi connectivity index (χ4n) is 3.38. The Morgan fingerprint density at radius 3 is 2.57 bits per heavy atom. The number of rotatable bonds is 6. The summed E-state index contributed by atoms with van der Waals surface area (Å²) in [6, 6.07) is 11.6. The SMILES string of the molecule is CCN1CCN(c2ccc(Cl)cc2NC(=O)COc2cc(C)ccc2C)CC1. The first-order valence-electron chi connectivity index (χ1n) is 9.73. The summed E-state index contributed by atoms with van der Waals surface area (Å²) in [7, 11) is 0. The summed E-state index contributed by atoms with van der Waals surface area (Å²) >= 11 is 6.19. The van der Waals surface area contributed by atoms with Gasteiger partial charge in [0.05, 0.1) is 11.4 Å². The summed E-state index contributed by atoms with van der Waals surface area (Å²) in [6.07, 6.45) is 0. The number of halogens is 1. The number of anilines is 2. The second-order valence-corrected chi connectivity index (χ2v) is 7.63. The highest BCUT2D eigenvalue weighted by Crippen LogP contribution is 2.30. The molecule has 1 aliphatic rings. The van der Waals surface area contributed by atoms with Crippen molar-refractivity contribution in [1.82, 2.24) is 4.90 Å². The van der Waals surface area contributed by atoms with E-state index in [0.717, 1.165) is 61.0 Å². The normalized spacial score (nSPS) is 14.8. The van der Waals surface area contributed by atoms with Crippen LogP contribution in [0.3, 0.4) is 0 Å². The van der Waals surface area contributed by atoms with E-state index in [4.69, 9.17) is 16.3 Å². The molecule has 0 saturated carbocycles. The van der Waals surface area contributed by atoms with Crippen molar-refractivity contribution in [2.75, 3.05) is 49.5 Å². The first kappa shape index (κ1) is 20.5. The van der Waals surface area contributed by atoms with E-state index in [0.29, 0.717) is 5.02 Å². The van der Waals surface area contributed by atoms with Crippen molar-refractivity contribution in [3.05, 3.63) is 52.5 Å². The molecule has 150 valence electrons. The van der Waals surface area contributed by atoms with Gasteiger partial charge in [-0.15, -0.1) is 0 Å². The minimum atomic E-state index is -0.198. The number of nitrogens with zero attached hydrogens (tertiary/aromatic N) is 2. The van der Waals surface area contributed by atoms with E-state index in [1.165, 1.54) is 0 Å². The Bertz CT molecular complexity index is 833. The summed E-state index contributed by atoms with van der Waals surface area (Å²) in [5, 5.41) is 3.57. The zero-order valence-electron chi connectivity index (χ0n) is 16.8. The van der Waals surface area contributed by atoms with Crippen LogP contribution in [0, 0.1) is 13.8 Å². The maximum absolute atomic E-state index is 12.5. The fraction of sp³-hybridized carbons (Fsp3) is 0.409. The molecule has 2 aromatic carbocycles. The molecule has 1 fully saturated rings. The summed E-state index contributed by atoms with van der Waals surface area (Å²) in [5.41, 5.74) is 3.84. The van der Waals surface area contributed by atoms with Crippen molar-refractivity contribution in [3.8, 4) is 5.75 Å². The lowest BCUT2D eigenvalue weighted by Gasteiger charge is -2.36. The van der Waals surface area contributed by atoms with Gasteiger partial charge in [-0.3, -0.25) is 4.79 Å². The molecule has 1 heterocycles. The highest BCUT2D eigenvalue weighted by molar-refractivity contribution is 6.31. The fourth-order valence-corrected chi connectivity index (χ4v) is 3.55. The standard InChI is InChI=1S/C22H28ClN3O2/c1-4-25-9-11-26(12-10-25)20-8-7-18(23)14-19(20)24-22(27)15-28-21-13-16(2)5-6-17(21)3/h5-8,13-14H,4,9-12,15H2,1-3H3,(H,24,27). The third-order valence-corrected chi connectivity index (χ3v) is 5.33. The van der Waals surface area contributed by atoms with Gasteiger partial charge in [0.15, 0.2) is 6.61 Å². The molecule has 5 nitrogen and oxygen atoms in total. The number of carbonyl (C=O) groups is 1. The van der Waals surface area contributed by atoms with Crippen LogP contribution in [0.5, 0.6) is 5.75 Å². The van der Waals surface area contributed by atoms with Crippen LogP contribution in [0.1, 0.15) is 18.1 Å². The number of ether oxygens (including phenoxy) is 1. The van der Waals surface area contributed by atoms with Crippen LogP contribution in [-0.4, -0.2) is 50.1 Å². The molecule has 0 unspecified atom stereocenters. The van der Waals surface area contributed by atoms with Gasteiger partial charge in [0, 0.05) is 31.2 Å². The van der Waals surface area contributed by atoms with Crippen molar-refractivity contribution >= 4 is 28.9 Å². The van der Waals surface area contributed by atoms with Crippen molar-refractivity contribution in [2.45, 2.75) is 20.8 Å². The molecule has 0 aliphatic carbocycles. The average molecular weight is 402 g/mol. The second-order valence-electron chi connectivity index (χ2n) is 7.19. The van der Waals surface area contributed by atoms with Crippen LogP contribution in [0.2, 0.25) is 5.02 Å². The maximum Gasteiger partial charge on any atom is 0.262 e. The Morgan fingerprint density at radius 1 is 1.11 bits per heavy atom. The Morgan fingerprint density at radius 2 is 1.86 bits per heavy atom. The Hall–Kier alpha value is -2.24. The van der Waals surface area contributed by atoms with Gasteiger partial charge in [0.25, 0.3) is 5.91 Å². The molecule has 0 spiro atoms. The van der Waals surface area contributed by atoms with Gasteiger partial charge >= 0.3 is 0 Å². The molecule has 0 bridgehead atoms. The molecule has 1 N–H and O–H groups in total. The molecule has 28 heavy (non-hydrogen) atoms. The topological polar surface area (TPSA) is 44.8 Å². The van der Waals surface area contributed by atoms with E-state index in [1.807, 2.05) is 44.2 Å².